The van der Waals surface area contributed by atoms with Gasteiger partial charge in [-0.1, -0.05) is 13.8 Å². The van der Waals surface area contributed by atoms with Gasteiger partial charge in [0.05, 0.1) is 6.54 Å². The molecule has 15 heavy (non-hydrogen) atoms. The SMILES string of the molecule is Cc1csc(CNC(=S)NCC(C)C)n1. The first-order valence-corrected chi connectivity index (χ1v) is 6.29. The molecule has 0 spiro atoms. The van der Waals surface area contributed by atoms with Crippen LogP contribution in [-0.2, 0) is 6.54 Å². The third kappa shape index (κ3) is 5.09. The first kappa shape index (κ1) is 12.4. The molecule has 0 radical (unpaired) electrons. The fourth-order valence-corrected chi connectivity index (χ4v) is 1.87. The third-order valence-corrected chi connectivity index (χ3v) is 2.99. The van der Waals surface area contributed by atoms with E-state index in [-0.39, 0.29) is 0 Å². The van der Waals surface area contributed by atoms with E-state index in [4.69, 9.17) is 12.2 Å². The first-order chi connectivity index (χ1) is 7.08. The van der Waals surface area contributed by atoms with Crippen LogP contribution in [0.5, 0.6) is 0 Å². The Bertz CT molecular complexity index is 320. The molecule has 0 aliphatic carbocycles. The Kier molecular flexibility index (Phi) is 4.98. The van der Waals surface area contributed by atoms with E-state index in [1.165, 1.54) is 0 Å². The number of nitrogens with zero attached hydrogens (tertiary/aromatic N) is 1. The van der Waals surface area contributed by atoms with Crippen molar-refractivity contribution in [1.82, 2.24) is 15.6 Å². The molecular formula is C10H17N3S2. The second kappa shape index (κ2) is 6.02. The third-order valence-electron chi connectivity index (χ3n) is 1.74. The van der Waals surface area contributed by atoms with Crippen molar-refractivity contribution in [2.75, 3.05) is 6.54 Å². The highest BCUT2D eigenvalue weighted by Crippen LogP contribution is 2.07. The van der Waals surface area contributed by atoms with Gasteiger partial charge < -0.3 is 10.6 Å². The molecule has 0 atom stereocenters. The number of hydrogen-bond donors (Lipinski definition) is 2. The van der Waals surface area contributed by atoms with Gasteiger partial charge >= 0.3 is 0 Å². The van der Waals surface area contributed by atoms with Crippen LogP contribution in [0.2, 0.25) is 0 Å². The Hall–Kier alpha value is -0.680. The van der Waals surface area contributed by atoms with E-state index in [2.05, 4.69) is 29.5 Å². The van der Waals surface area contributed by atoms with Crippen LogP contribution in [0.4, 0.5) is 0 Å². The zero-order valence-corrected chi connectivity index (χ0v) is 11.0. The lowest BCUT2D eigenvalue weighted by atomic mass is 10.2. The van der Waals surface area contributed by atoms with Gasteiger partial charge in [0.25, 0.3) is 0 Å². The van der Waals surface area contributed by atoms with Crippen molar-refractivity contribution < 1.29 is 0 Å². The molecule has 0 aliphatic rings. The Morgan fingerprint density at radius 2 is 2.27 bits per heavy atom. The molecule has 1 heterocycles. The van der Waals surface area contributed by atoms with Gasteiger partial charge in [-0.2, -0.15) is 0 Å². The molecule has 1 aromatic heterocycles. The van der Waals surface area contributed by atoms with Crippen LogP contribution < -0.4 is 10.6 Å². The summed E-state index contributed by atoms with van der Waals surface area (Å²) in [4.78, 5) is 4.35. The number of aromatic nitrogens is 1. The number of thiazole rings is 1. The Morgan fingerprint density at radius 1 is 1.53 bits per heavy atom. The molecule has 84 valence electrons. The van der Waals surface area contributed by atoms with Crippen LogP contribution >= 0.6 is 23.6 Å². The summed E-state index contributed by atoms with van der Waals surface area (Å²) < 4.78 is 0. The van der Waals surface area contributed by atoms with E-state index in [9.17, 15) is 0 Å². The first-order valence-electron chi connectivity index (χ1n) is 5.00. The number of thiocarbonyl (C=S) groups is 1. The fraction of sp³-hybridized carbons (Fsp3) is 0.600. The Morgan fingerprint density at radius 3 is 2.80 bits per heavy atom. The highest BCUT2D eigenvalue weighted by Gasteiger charge is 2.00. The maximum atomic E-state index is 5.13. The van der Waals surface area contributed by atoms with Crippen LogP contribution in [0.15, 0.2) is 5.38 Å². The molecule has 1 aromatic rings. The van der Waals surface area contributed by atoms with E-state index >= 15 is 0 Å². The molecule has 0 fully saturated rings. The van der Waals surface area contributed by atoms with Crippen molar-refractivity contribution in [2.24, 2.45) is 5.92 Å². The second-order valence-corrected chi connectivity index (χ2v) is 5.19. The molecule has 0 bridgehead atoms. The molecule has 2 N–H and O–H groups in total. The summed E-state index contributed by atoms with van der Waals surface area (Å²) in [5.74, 6) is 0.604. The predicted molar refractivity (Wildman–Crippen MR) is 69.1 cm³/mol. The summed E-state index contributed by atoms with van der Waals surface area (Å²) in [6.07, 6.45) is 0. The fourth-order valence-electron chi connectivity index (χ4n) is 0.999. The standard InChI is InChI=1S/C10H17N3S2/c1-7(2)4-11-10(14)12-5-9-13-8(3)6-15-9/h6-7H,4-5H2,1-3H3,(H2,11,12,14). The van der Waals surface area contributed by atoms with E-state index in [1.54, 1.807) is 11.3 Å². The summed E-state index contributed by atoms with van der Waals surface area (Å²) in [5.41, 5.74) is 1.07. The van der Waals surface area contributed by atoms with Crippen LogP contribution in [-0.4, -0.2) is 16.6 Å². The van der Waals surface area contributed by atoms with Gasteiger partial charge in [-0.25, -0.2) is 4.98 Å². The molecule has 0 saturated heterocycles. The predicted octanol–water partition coefficient (Wildman–Crippen LogP) is 2.07. The van der Waals surface area contributed by atoms with Crippen molar-refractivity contribution in [3.63, 3.8) is 0 Å². The lowest BCUT2D eigenvalue weighted by Crippen LogP contribution is -2.36. The van der Waals surface area contributed by atoms with Gasteiger partial charge in [-0.05, 0) is 25.1 Å². The molecule has 1 rings (SSSR count). The largest absolute Gasteiger partial charge is 0.362 e. The van der Waals surface area contributed by atoms with E-state index < -0.39 is 0 Å². The van der Waals surface area contributed by atoms with Gasteiger partial charge in [-0.15, -0.1) is 11.3 Å². The van der Waals surface area contributed by atoms with Gasteiger partial charge in [0.2, 0.25) is 0 Å². The zero-order chi connectivity index (χ0) is 11.3. The van der Waals surface area contributed by atoms with Gasteiger partial charge in [-0.3, -0.25) is 0 Å². The number of aryl methyl sites for hydroxylation is 1. The maximum absolute atomic E-state index is 5.13. The van der Waals surface area contributed by atoms with Crippen molar-refractivity contribution >= 4 is 28.7 Å². The van der Waals surface area contributed by atoms with Gasteiger partial charge in [0.15, 0.2) is 5.11 Å². The summed E-state index contributed by atoms with van der Waals surface area (Å²) in [5, 5.41) is 10.1. The minimum absolute atomic E-state index is 0.604. The van der Waals surface area contributed by atoms with Crippen molar-refractivity contribution in [2.45, 2.75) is 27.3 Å². The second-order valence-electron chi connectivity index (χ2n) is 3.84. The summed E-state index contributed by atoms with van der Waals surface area (Å²) in [6, 6.07) is 0. The normalized spacial score (nSPS) is 10.4. The molecule has 0 amide bonds. The average Bonchev–Trinajstić information content (AvgIpc) is 2.58. The number of hydrogen-bond acceptors (Lipinski definition) is 3. The van der Waals surface area contributed by atoms with E-state index in [0.29, 0.717) is 17.6 Å². The highest BCUT2D eigenvalue weighted by atomic mass is 32.1. The Balaban J connectivity index is 2.22. The van der Waals surface area contributed by atoms with E-state index in [1.807, 2.05) is 12.3 Å². The van der Waals surface area contributed by atoms with E-state index in [0.717, 1.165) is 17.2 Å². The quantitative estimate of drug-likeness (QED) is 0.794. The molecule has 0 aromatic carbocycles. The average molecular weight is 243 g/mol. The molecule has 5 heteroatoms. The minimum atomic E-state index is 0.604. The van der Waals surface area contributed by atoms with Crippen molar-refractivity contribution in [3.8, 4) is 0 Å². The van der Waals surface area contributed by atoms with Crippen LogP contribution in [0.25, 0.3) is 0 Å². The lowest BCUT2D eigenvalue weighted by molar-refractivity contribution is 0.619. The monoisotopic (exact) mass is 243 g/mol. The maximum Gasteiger partial charge on any atom is 0.166 e. The van der Waals surface area contributed by atoms with Crippen molar-refractivity contribution in [3.05, 3.63) is 16.1 Å². The molecular weight excluding hydrogens is 226 g/mol. The summed E-state index contributed by atoms with van der Waals surface area (Å²) in [6.45, 7) is 7.92. The molecule has 0 unspecified atom stereocenters. The zero-order valence-electron chi connectivity index (χ0n) is 9.33. The highest BCUT2D eigenvalue weighted by molar-refractivity contribution is 7.80. The van der Waals surface area contributed by atoms with Crippen LogP contribution in [0.1, 0.15) is 24.5 Å². The lowest BCUT2D eigenvalue weighted by Gasteiger charge is -2.10. The summed E-state index contributed by atoms with van der Waals surface area (Å²) in [7, 11) is 0. The van der Waals surface area contributed by atoms with Crippen LogP contribution in [0, 0.1) is 12.8 Å². The number of nitrogens with one attached hydrogen (secondary N) is 2. The molecule has 3 nitrogen and oxygen atoms in total. The smallest absolute Gasteiger partial charge is 0.166 e. The number of rotatable bonds is 4. The Labute approximate surface area is 100 Å². The topological polar surface area (TPSA) is 37.0 Å². The van der Waals surface area contributed by atoms with Gasteiger partial charge in [0.1, 0.15) is 5.01 Å². The molecule has 0 aliphatic heterocycles. The summed E-state index contributed by atoms with van der Waals surface area (Å²) >= 11 is 6.79. The van der Waals surface area contributed by atoms with Gasteiger partial charge in [0, 0.05) is 17.6 Å². The van der Waals surface area contributed by atoms with Crippen molar-refractivity contribution in [1.29, 1.82) is 0 Å². The minimum Gasteiger partial charge on any atom is -0.362 e. The van der Waals surface area contributed by atoms with Crippen LogP contribution in [0.3, 0.4) is 0 Å². The molecule has 0 saturated carbocycles.